The van der Waals surface area contributed by atoms with Crippen molar-refractivity contribution in [3.63, 3.8) is 0 Å². The molecule has 2 heterocycles. The highest BCUT2D eigenvalue weighted by atomic mass is 32.1. The Morgan fingerprint density at radius 1 is 1.58 bits per heavy atom. The number of likely N-dealkylation sites (N-methyl/N-ethyl adjacent to an activating group) is 1. The molecular weight excluding hydrogens is 262 g/mol. The number of carbonyl (C=O) groups excluding carboxylic acids is 1. The summed E-state index contributed by atoms with van der Waals surface area (Å²) in [5.74, 6) is 0.164. The van der Waals surface area contributed by atoms with Crippen LogP contribution >= 0.6 is 11.5 Å². The molecule has 6 nitrogen and oxygen atoms in total. The van der Waals surface area contributed by atoms with Crippen LogP contribution in [0.5, 0.6) is 0 Å². The highest BCUT2D eigenvalue weighted by Crippen LogP contribution is 2.31. The molecule has 0 aliphatic carbocycles. The fourth-order valence-corrected chi connectivity index (χ4v) is 3.34. The number of nitrogens with two attached hydrogens (primary N) is 1. The number of nitrogen functional groups attached to an aromatic ring is 1. The lowest BCUT2D eigenvalue weighted by Crippen LogP contribution is -2.51. The average molecular weight is 283 g/mol. The molecule has 0 radical (unpaired) electrons. The molecule has 1 saturated heterocycles. The number of amides is 1. The summed E-state index contributed by atoms with van der Waals surface area (Å²) in [6.07, 6.45) is 0. The molecular formula is C12H21N5OS. The molecule has 106 valence electrons. The Bertz CT molecular complexity index is 461. The van der Waals surface area contributed by atoms with Gasteiger partial charge in [0.05, 0.1) is 0 Å². The van der Waals surface area contributed by atoms with Crippen LogP contribution in [0.2, 0.25) is 0 Å². The molecule has 1 fully saturated rings. The molecule has 3 N–H and O–H groups in total. The van der Waals surface area contributed by atoms with Gasteiger partial charge in [-0.25, -0.2) is 0 Å². The molecule has 1 aliphatic heterocycles. The minimum Gasteiger partial charge on any atom is -0.382 e. The van der Waals surface area contributed by atoms with Crippen LogP contribution in [-0.4, -0.2) is 54.4 Å². The zero-order valence-electron chi connectivity index (χ0n) is 11.6. The zero-order valence-corrected chi connectivity index (χ0v) is 12.5. The normalized spacial score (nSPS) is 20.6. The Morgan fingerprint density at radius 3 is 2.89 bits per heavy atom. The van der Waals surface area contributed by atoms with Gasteiger partial charge in [-0.15, -0.1) is 0 Å². The lowest BCUT2D eigenvalue weighted by atomic mass is 10.2. The maximum Gasteiger partial charge on any atom is 0.257 e. The highest BCUT2D eigenvalue weighted by Gasteiger charge is 2.28. The average Bonchev–Trinajstić information content (AvgIpc) is 2.79. The number of piperazine rings is 1. The van der Waals surface area contributed by atoms with Crippen LogP contribution in [0.3, 0.4) is 0 Å². The van der Waals surface area contributed by atoms with E-state index in [1.807, 2.05) is 0 Å². The third-order valence-electron chi connectivity index (χ3n) is 3.61. The minimum atomic E-state index is -0.160. The quantitative estimate of drug-likeness (QED) is 0.850. The first-order valence-electron chi connectivity index (χ1n) is 6.54. The fraction of sp³-hybridized carbons (Fsp3) is 0.667. The van der Waals surface area contributed by atoms with Gasteiger partial charge < -0.3 is 16.0 Å². The molecule has 0 spiro atoms. The van der Waals surface area contributed by atoms with Crippen molar-refractivity contribution in [2.75, 3.05) is 43.9 Å². The van der Waals surface area contributed by atoms with E-state index in [-0.39, 0.29) is 5.91 Å². The van der Waals surface area contributed by atoms with Gasteiger partial charge in [0.1, 0.15) is 10.6 Å². The summed E-state index contributed by atoms with van der Waals surface area (Å²) in [7, 11) is 1.61. The molecule has 0 bridgehead atoms. The Morgan fingerprint density at radius 2 is 2.32 bits per heavy atom. The largest absolute Gasteiger partial charge is 0.382 e. The topological polar surface area (TPSA) is 74.5 Å². The molecule has 1 aromatic rings. The van der Waals surface area contributed by atoms with E-state index in [1.54, 1.807) is 7.05 Å². The predicted octanol–water partition coefficient (Wildman–Crippen LogP) is 0.615. The third kappa shape index (κ3) is 2.66. The summed E-state index contributed by atoms with van der Waals surface area (Å²) < 4.78 is 4.13. The van der Waals surface area contributed by atoms with E-state index >= 15 is 0 Å². The molecule has 1 atom stereocenters. The first kappa shape index (κ1) is 14.1. The smallest absolute Gasteiger partial charge is 0.257 e. The summed E-state index contributed by atoms with van der Waals surface area (Å²) in [6.45, 7) is 8.25. The Balaban J connectivity index is 2.22. The van der Waals surface area contributed by atoms with Crippen molar-refractivity contribution in [2.24, 2.45) is 0 Å². The Kier molecular flexibility index (Phi) is 4.26. The van der Waals surface area contributed by atoms with Gasteiger partial charge in [-0.2, -0.15) is 4.37 Å². The second-order valence-corrected chi connectivity index (χ2v) is 5.50. The van der Waals surface area contributed by atoms with Crippen LogP contribution in [0.25, 0.3) is 0 Å². The van der Waals surface area contributed by atoms with Crippen molar-refractivity contribution >= 4 is 28.3 Å². The number of nitrogens with one attached hydrogen (secondary N) is 1. The van der Waals surface area contributed by atoms with Gasteiger partial charge >= 0.3 is 0 Å². The van der Waals surface area contributed by atoms with Crippen molar-refractivity contribution in [2.45, 2.75) is 19.9 Å². The van der Waals surface area contributed by atoms with E-state index in [0.717, 1.165) is 31.2 Å². The van der Waals surface area contributed by atoms with Crippen LogP contribution in [0, 0.1) is 0 Å². The number of aromatic nitrogens is 1. The predicted molar refractivity (Wildman–Crippen MR) is 78.8 cm³/mol. The van der Waals surface area contributed by atoms with Gasteiger partial charge in [0, 0.05) is 32.7 Å². The first-order valence-corrected chi connectivity index (χ1v) is 7.32. The van der Waals surface area contributed by atoms with Crippen LogP contribution in [-0.2, 0) is 0 Å². The van der Waals surface area contributed by atoms with Crippen molar-refractivity contribution in [1.29, 1.82) is 0 Å². The third-order valence-corrected chi connectivity index (χ3v) is 4.54. The van der Waals surface area contributed by atoms with E-state index in [2.05, 4.69) is 33.3 Å². The Hall–Kier alpha value is -1.34. The first-order chi connectivity index (χ1) is 9.08. The number of carbonyl (C=O) groups is 1. The van der Waals surface area contributed by atoms with Crippen molar-refractivity contribution in [1.82, 2.24) is 14.6 Å². The van der Waals surface area contributed by atoms with E-state index in [0.29, 0.717) is 17.4 Å². The molecule has 1 unspecified atom stereocenters. The lowest BCUT2D eigenvalue weighted by molar-refractivity contribution is 0.0964. The number of anilines is 2. The van der Waals surface area contributed by atoms with Crippen molar-refractivity contribution in [3.05, 3.63) is 5.56 Å². The maximum absolute atomic E-state index is 11.9. The van der Waals surface area contributed by atoms with E-state index in [4.69, 9.17) is 5.73 Å². The molecule has 1 aliphatic rings. The number of hydrogen-bond acceptors (Lipinski definition) is 6. The molecule has 0 saturated carbocycles. The number of nitrogens with zero attached hydrogens (tertiary/aromatic N) is 3. The van der Waals surface area contributed by atoms with Crippen molar-refractivity contribution in [3.8, 4) is 0 Å². The number of rotatable bonds is 3. The molecule has 1 amide bonds. The summed E-state index contributed by atoms with van der Waals surface area (Å²) in [4.78, 5) is 16.5. The van der Waals surface area contributed by atoms with Crippen LogP contribution in [0.15, 0.2) is 0 Å². The van der Waals surface area contributed by atoms with Crippen LogP contribution in [0.1, 0.15) is 24.2 Å². The molecule has 2 rings (SSSR count). The van der Waals surface area contributed by atoms with Gasteiger partial charge in [-0.1, -0.05) is 6.92 Å². The lowest BCUT2D eigenvalue weighted by Gasteiger charge is -2.39. The van der Waals surface area contributed by atoms with E-state index < -0.39 is 0 Å². The second-order valence-electron chi connectivity index (χ2n) is 4.75. The summed E-state index contributed by atoms with van der Waals surface area (Å²) >= 11 is 1.31. The molecule has 19 heavy (non-hydrogen) atoms. The van der Waals surface area contributed by atoms with Gasteiger partial charge in [-0.3, -0.25) is 9.69 Å². The molecule has 0 aromatic carbocycles. The highest BCUT2D eigenvalue weighted by molar-refractivity contribution is 7.11. The van der Waals surface area contributed by atoms with E-state index in [9.17, 15) is 4.79 Å². The fourth-order valence-electron chi connectivity index (χ4n) is 2.50. The summed E-state index contributed by atoms with van der Waals surface area (Å²) in [5, 5.41) is 3.52. The SMILES string of the molecule is CCN1CCN(c2snc(N)c2C(=O)NC)CC1C. The van der Waals surface area contributed by atoms with Crippen molar-refractivity contribution < 1.29 is 4.79 Å². The summed E-state index contributed by atoms with van der Waals surface area (Å²) in [5.41, 5.74) is 6.33. The van der Waals surface area contributed by atoms with E-state index in [1.165, 1.54) is 11.5 Å². The molecule has 1 aromatic heterocycles. The van der Waals surface area contributed by atoms with Gasteiger partial charge in [-0.05, 0) is 25.0 Å². The monoisotopic (exact) mass is 283 g/mol. The summed E-state index contributed by atoms with van der Waals surface area (Å²) in [6, 6.07) is 0.472. The zero-order chi connectivity index (χ0) is 14.0. The van der Waals surface area contributed by atoms with Crippen LogP contribution < -0.4 is 16.0 Å². The minimum absolute atomic E-state index is 0.160. The van der Waals surface area contributed by atoms with Crippen LogP contribution in [0.4, 0.5) is 10.8 Å². The standard InChI is InChI=1S/C12H21N5OS/c1-4-16-5-6-17(7-8(16)2)12-9(11(18)14-3)10(13)15-19-12/h8H,4-7H2,1-3H3,(H2,13,15)(H,14,18). The van der Waals surface area contributed by atoms with Gasteiger partial charge in [0.15, 0.2) is 5.82 Å². The molecule has 7 heteroatoms. The Labute approximate surface area is 117 Å². The number of hydrogen-bond donors (Lipinski definition) is 2. The van der Waals surface area contributed by atoms with Gasteiger partial charge in [0.25, 0.3) is 5.91 Å². The maximum atomic E-state index is 11.9. The van der Waals surface area contributed by atoms with Gasteiger partial charge in [0.2, 0.25) is 0 Å². The second kappa shape index (κ2) is 5.75.